The minimum Gasteiger partial charge on any atom is -0.462 e. The number of nitrogens with zero attached hydrogens (tertiary/aromatic N) is 2. The first-order valence-corrected chi connectivity index (χ1v) is 10.2. The summed E-state index contributed by atoms with van der Waals surface area (Å²) >= 11 is 6.15. The van der Waals surface area contributed by atoms with Crippen molar-refractivity contribution >= 4 is 23.5 Å². The molecule has 1 aliphatic rings. The number of amides is 1. The maximum atomic E-state index is 12.6. The summed E-state index contributed by atoms with van der Waals surface area (Å²) in [6, 6.07) is 18.0. The molecule has 2 aromatic rings. The van der Waals surface area contributed by atoms with Crippen LogP contribution in [0.5, 0.6) is 0 Å². The van der Waals surface area contributed by atoms with Gasteiger partial charge >= 0.3 is 0 Å². The minimum absolute atomic E-state index is 0.0557. The van der Waals surface area contributed by atoms with Gasteiger partial charge in [-0.25, -0.2) is 0 Å². The molecule has 0 atom stereocenters. The third-order valence-electron chi connectivity index (χ3n) is 4.89. The smallest absolute Gasteiger partial charge is 0.295 e. The number of likely N-dealkylation sites (tertiary alicyclic amines) is 1. The van der Waals surface area contributed by atoms with E-state index in [9.17, 15) is 4.79 Å². The summed E-state index contributed by atoms with van der Waals surface area (Å²) in [6.07, 6.45) is 3.13. The van der Waals surface area contributed by atoms with Crippen LogP contribution in [0.3, 0.4) is 0 Å². The van der Waals surface area contributed by atoms with Gasteiger partial charge in [0.1, 0.15) is 0 Å². The van der Waals surface area contributed by atoms with Gasteiger partial charge in [0, 0.05) is 13.1 Å². The van der Waals surface area contributed by atoms with E-state index in [1.807, 2.05) is 19.9 Å². The average molecular weight is 399 g/mol. The number of ether oxygens (including phenoxy) is 1. The molecule has 0 radical (unpaired) electrons. The highest BCUT2D eigenvalue weighted by Crippen LogP contribution is 2.23. The molecule has 4 nitrogen and oxygen atoms in total. The SMILES string of the molecule is CC(C)OC(=NC(=O)c1ccccc1Cl)N1CCC(Cc2ccccc2)CC1. The number of carbonyl (C=O) groups is 1. The van der Waals surface area contributed by atoms with Crippen molar-refractivity contribution in [3.05, 3.63) is 70.7 Å². The highest BCUT2D eigenvalue weighted by atomic mass is 35.5. The average Bonchev–Trinajstić information content (AvgIpc) is 2.69. The van der Waals surface area contributed by atoms with Crippen molar-refractivity contribution in [2.24, 2.45) is 10.9 Å². The Morgan fingerprint density at radius 1 is 1.11 bits per heavy atom. The quantitative estimate of drug-likeness (QED) is 0.524. The Balaban J connectivity index is 1.67. The summed E-state index contributed by atoms with van der Waals surface area (Å²) < 4.78 is 5.89. The molecule has 1 amide bonds. The van der Waals surface area contributed by atoms with Crippen LogP contribution in [0.2, 0.25) is 5.02 Å². The van der Waals surface area contributed by atoms with Gasteiger partial charge in [-0.3, -0.25) is 4.79 Å². The summed E-state index contributed by atoms with van der Waals surface area (Å²) in [5, 5.41) is 0.404. The molecule has 5 heteroatoms. The van der Waals surface area contributed by atoms with Crippen LogP contribution in [0.1, 0.15) is 42.6 Å². The Labute approximate surface area is 172 Å². The molecule has 1 heterocycles. The van der Waals surface area contributed by atoms with Gasteiger partial charge in [-0.2, -0.15) is 4.99 Å². The molecule has 0 aromatic heterocycles. The Hall–Kier alpha value is -2.33. The molecule has 0 bridgehead atoms. The maximum Gasteiger partial charge on any atom is 0.295 e. The van der Waals surface area contributed by atoms with Crippen molar-refractivity contribution in [3.8, 4) is 0 Å². The molecule has 0 spiro atoms. The van der Waals surface area contributed by atoms with E-state index in [0.29, 0.717) is 22.5 Å². The first kappa shape index (κ1) is 20.4. The first-order chi connectivity index (χ1) is 13.5. The second kappa shape index (κ2) is 9.74. The second-order valence-corrected chi connectivity index (χ2v) is 7.87. The van der Waals surface area contributed by atoms with E-state index in [2.05, 4.69) is 34.2 Å². The number of carbonyl (C=O) groups excluding carboxylic acids is 1. The summed E-state index contributed by atoms with van der Waals surface area (Å²) in [6.45, 7) is 5.55. The molecule has 1 aliphatic heterocycles. The van der Waals surface area contributed by atoms with Gasteiger partial charge in [0.05, 0.1) is 16.7 Å². The maximum absolute atomic E-state index is 12.6. The van der Waals surface area contributed by atoms with E-state index in [4.69, 9.17) is 16.3 Å². The monoisotopic (exact) mass is 398 g/mol. The highest BCUT2D eigenvalue weighted by molar-refractivity contribution is 6.34. The van der Waals surface area contributed by atoms with E-state index >= 15 is 0 Å². The van der Waals surface area contributed by atoms with Crippen molar-refractivity contribution in [3.63, 3.8) is 0 Å². The van der Waals surface area contributed by atoms with Crippen LogP contribution in [0.25, 0.3) is 0 Å². The van der Waals surface area contributed by atoms with Gasteiger partial charge in [-0.1, -0.05) is 54.1 Å². The molecule has 0 N–H and O–H groups in total. The fraction of sp³-hybridized carbons (Fsp3) is 0.391. The van der Waals surface area contributed by atoms with Crippen LogP contribution < -0.4 is 0 Å². The minimum atomic E-state index is -0.368. The summed E-state index contributed by atoms with van der Waals surface area (Å²) in [5.41, 5.74) is 1.77. The van der Waals surface area contributed by atoms with Crippen LogP contribution in [0, 0.1) is 5.92 Å². The summed E-state index contributed by atoms with van der Waals surface area (Å²) in [4.78, 5) is 19.0. The third kappa shape index (κ3) is 5.59. The van der Waals surface area contributed by atoms with Crippen LogP contribution in [-0.4, -0.2) is 36.0 Å². The number of halogens is 1. The fourth-order valence-electron chi connectivity index (χ4n) is 3.44. The van der Waals surface area contributed by atoms with Crippen LogP contribution >= 0.6 is 11.6 Å². The lowest BCUT2D eigenvalue weighted by molar-refractivity contribution is 0.0983. The lowest BCUT2D eigenvalue weighted by Gasteiger charge is -2.34. The fourth-order valence-corrected chi connectivity index (χ4v) is 3.66. The molecule has 1 saturated heterocycles. The standard InChI is InChI=1S/C23H27ClN2O2/c1-17(2)28-23(25-22(27)20-10-6-7-11-21(20)24)26-14-12-19(13-15-26)16-18-8-4-3-5-9-18/h3-11,17,19H,12-16H2,1-2H3. The molecule has 0 saturated carbocycles. The predicted molar refractivity (Wildman–Crippen MR) is 114 cm³/mol. The first-order valence-electron chi connectivity index (χ1n) is 9.86. The number of hydrogen-bond donors (Lipinski definition) is 0. The zero-order valence-corrected chi connectivity index (χ0v) is 17.2. The molecule has 28 heavy (non-hydrogen) atoms. The van der Waals surface area contributed by atoms with Gasteiger partial charge in [0.25, 0.3) is 11.9 Å². The van der Waals surface area contributed by atoms with Gasteiger partial charge in [0.2, 0.25) is 0 Å². The van der Waals surface area contributed by atoms with Crippen molar-refractivity contribution in [2.45, 2.75) is 39.2 Å². The van der Waals surface area contributed by atoms with Crippen LogP contribution in [0.4, 0.5) is 0 Å². The van der Waals surface area contributed by atoms with Crippen LogP contribution in [-0.2, 0) is 11.2 Å². The number of benzene rings is 2. The molecule has 1 fully saturated rings. The number of aliphatic imine (C=N–C) groups is 1. The second-order valence-electron chi connectivity index (χ2n) is 7.47. The lowest BCUT2D eigenvalue weighted by Crippen LogP contribution is -2.41. The van der Waals surface area contributed by atoms with E-state index in [1.165, 1.54) is 5.56 Å². The predicted octanol–water partition coefficient (Wildman–Crippen LogP) is 5.22. The number of rotatable bonds is 4. The zero-order chi connectivity index (χ0) is 19.9. The molecular weight excluding hydrogens is 372 g/mol. The Morgan fingerprint density at radius 2 is 1.75 bits per heavy atom. The molecule has 148 valence electrons. The Kier molecular flexibility index (Phi) is 7.10. The Morgan fingerprint density at radius 3 is 2.39 bits per heavy atom. The van der Waals surface area contributed by atoms with E-state index in [1.54, 1.807) is 24.3 Å². The van der Waals surface area contributed by atoms with Crippen molar-refractivity contribution in [1.82, 2.24) is 4.90 Å². The van der Waals surface area contributed by atoms with Gasteiger partial charge in [-0.05, 0) is 56.7 Å². The molecule has 0 aliphatic carbocycles. The number of hydrogen-bond acceptors (Lipinski definition) is 2. The van der Waals surface area contributed by atoms with Crippen molar-refractivity contribution in [1.29, 1.82) is 0 Å². The van der Waals surface area contributed by atoms with Gasteiger partial charge in [0.15, 0.2) is 0 Å². The number of amidine groups is 1. The topological polar surface area (TPSA) is 41.9 Å². The largest absolute Gasteiger partial charge is 0.462 e. The van der Waals surface area contributed by atoms with E-state index < -0.39 is 0 Å². The summed E-state index contributed by atoms with van der Waals surface area (Å²) in [7, 11) is 0. The molecular formula is C23H27ClN2O2. The Bertz CT molecular complexity index is 812. The van der Waals surface area contributed by atoms with E-state index in [0.717, 1.165) is 32.4 Å². The molecule has 3 rings (SSSR count). The lowest BCUT2D eigenvalue weighted by atomic mass is 9.90. The third-order valence-corrected chi connectivity index (χ3v) is 5.22. The normalized spacial score (nSPS) is 15.7. The summed E-state index contributed by atoms with van der Waals surface area (Å²) in [5.74, 6) is 0.269. The number of piperidine rings is 1. The molecule has 2 aromatic carbocycles. The molecule has 0 unspecified atom stereocenters. The zero-order valence-electron chi connectivity index (χ0n) is 16.5. The van der Waals surface area contributed by atoms with Crippen molar-refractivity contribution < 1.29 is 9.53 Å². The highest BCUT2D eigenvalue weighted by Gasteiger charge is 2.24. The van der Waals surface area contributed by atoms with Gasteiger partial charge < -0.3 is 9.64 Å². The van der Waals surface area contributed by atoms with Gasteiger partial charge in [-0.15, -0.1) is 0 Å². The van der Waals surface area contributed by atoms with E-state index in [-0.39, 0.29) is 12.0 Å². The van der Waals surface area contributed by atoms with Crippen molar-refractivity contribution in [2.75, 3.05) is 13.1 Å². The van der Waals surface area contributed by atoms with Crippen LogP contribution in [0.15, 0.2) is 59.6 Å².